The van der Waals surface area contributed by atoms with E-state index in [9.17, 15) is 4.79 Å². The summed E-state index contributed by atoms with van der Waals surface area (Å²) < 4.78 is 10.3. The fourth-order valence-electron chi connectivity index (χ4n) is 0.911. The summed E-state index contributed by atoms with van der Waals surface area (Å²) in [6.07, 6.45) is 0. The highest BCUT2D eigenvalue weighted by atomic mass is 79.9. The van der Waals surface area contributed by atoms with Crippen LogP contribution in [0.5, 0.6) is 5.75 Å². The molecule has 0 bridgehead atoms. The average molecular weight is 245 g/mol. The Morgan fingerprint density at radius 2 is 2.08 bits per heavy atom. The lowest BCUT2D eigenvalue weighted by Gasteiger charge is -2.04. The van der Waals surface area contributed by atoms with Crippen LogP contribution >= 0.6 is 15.9 Å². The first-order valence-electron chi connectivity index (χ1n) is 3.61. The van der Waals surface area contributed by atoms with Gasteiger partial charge in [0, 0.05) is 0 Å². The van der Waals surface area contributed by atoms with Crippen LogP contribution in [0.1, 0.15) is 10.4 Å². The number of ether oxygens (including phenoxy) is 2. The molecule has 0 saturated carbocycles. The summed E-state index contributed by atoms with van der Waals surface area (Å²) >= 11 is 3.27. The number of hydrogen-bond acceptors (Lipinski definition) is 3. The second kappa shape index (κ2) is 4.28. The van der Waals surface area contributed by atoms with E-state index in [1.165, 1.54) is 7.11 Å². The van der Waals surface area contributed by atoms with Gasteiger partial charge < -0.3 is 9.47 Å². The highest BCUT2D eigenvalue weighted by molar-refractivity contribution is 9.10. The van der Waals surface area contributed by atoms with E-state index in [0.717, 1.165) is 4.47 Å². The first kappa shape index (κ1) is 10.1. The molecular weight excluding hydrogens is 236 g/mol. The summed E-state index contributed by atoms with van der Waals surface area (Å²) in [4.78, 5) is 11.1. The summed E-state index contributed by atoms with van der Waals surface area (Å²) in [6.45, 7) is 0. The molecule has 0 radical (unpaired) electrons. The van der Waals surface area contributed by atoms with Crippen LogP contribution in [0, 0.1) is 0 Å². The number of rotatable bonds is 2. The number of hydrogen-bond donors (Lipinski definition) is 0. The maximum Gasteiger partial charge on any atom is 0.337 e. The first-order chi connectivity index (χ1) is 6.19. The lowest BCUT2D eigenvalue weighted by atomic mass is 10.2. The van der Waals surface area contributed by atoms with Crippen molar-refractivity contribution in [2.45, 2.75) is 0 Å². The molecule has 0 aliphatic heterocycles. The normalized spacial score (nSPS) is 9.46. The van der Waals surface area contributed by atoms with Gasteiger partial charge in [0.25, 0.3) is 0 Å². The standard InChI is InChI=1S/C9H9BrO3/c1-12-8-4-3-6(5-7(8)10)9(11)13-2/h3-5H,1-2H3. The Morgan fingerprint density at radius 3 is 2.54 bits per heavy atom. The lowest BCUT2D eigenvalue weighted by molar-refractivity contribution is 0.0600. The molecule has 70 valence electrons. The Hall–Kier alpha value is -1.03. The first-order valence-corrected chi connectivity index (χ1v) is 4.40. The average Bonchev–Trinajstić information content (AvgIpc) is 2.16. The Labute approximate surface area is 84.8 Å². The van der Waals surface area contributed by atoms with E-state index in [1.807, 2.05) is 0 Å². The molecule has 0 fully saturated rings. The molecule has 1 rings (SSSR count). The van der Waals surface area contributed by atoms with Crippen molar-refractivity contribution in [3.8, 4) is 5.75 Å². The molecular formula is C9H9BrO3. The van der Waals surface area contributed by atoms with Gasteiger partial charge >= 0.3 is 5.97 Å². The molecule has 0 heterocycles. The molecule has 0 aromatic heterocycles. The number of carbonyl (C=O) groups excluding carboxylic acids is 1. The van der Waals surface area contributed by atoms with Gasteiger partial charge in [-0.1, -0.05) is 0 Å². The molecule has 4 heteroatoms. The van der Waals surface area contributed by atoms with Gasteiger partial charge in [0.15, 0.2) is 0 Å². The molecule has 0 N–H and O–H groups in total. The van der Waals surface area contributed by atoms with Crippen molar-refractivity contribution in [1.29, 1.82) is 0 Å². The molecule has 0 aliphatic rings. The van der Waals surface area contributed by atoms with Gasteiger partial charge in [0.1, 0.15) is 5.75 Å². The van der Waals surface area contributed by atoms with Gasteiger partial charge in [0.05, 0.1) is 24.3 Å². The minimum absolute atomic E-state index is 0.358. The van der Waals surface area contributed by atoms with Crippen molar-refractivity contribution in [2.75, 3.05) is 14.2 Å². The minimum atomic E-state index is -0.358. The molecule has 1 aromatic rings. The maximum atomic E-state index is 11.1. The van der Waals surface area contributed by atoms with Crippen LogP contribution in [-0.2, 0) is 4.74 Å². The van der Waals surface area contributed by atoms with E-state index in [1.54, 1.807) is 25.3 Å². The third kappa shape index (κ3) is 2.21. The van der Waals surface area contributed by atoms with Crippen LogP contribution < -0.4 is 4.74 Å². The molecule has 1 aromatic carbocycles. The van der Waals surface area contributed by atoms with Gasteiger partial charge in [-0.25, -0.2) is 4.79 Å². The van der Waals surface area contributed by atoms with Crippen molar-refractivity contribution in [2.24, 2.45) is 0 Å². The number of methoxy groups -OCH3 is 2. The third-order valence-electron chi connectivity index (χ3n) is 1.57. The molecule has 0 amide bonds. The largest absolute Gasteiger partial charge is 0.496 e. The Kier molecular flexibility index (Phi) is 3.31. The van der Waals surface area contributed by atoms with Crippen LogP contribution in [0.4, 0.5) is 0 Å². The highest BCUT2D eigenvalue weighted by Gasteiger charge is 2.07. The number of carbonyl (C=O) groups is 1. The molecule has 0 aliphatic carbocycles. The third-order valence-corrected chi connectivity index (χ3v) is 2.19. The van der Waals surface area contributed by atoms with Crippen molar-refractivity contribution >= 4 is 21.9 Å². The molecule has 0 unspecified atom stereocenters. The monoisotopic (exact) mass is 244 g/mol. The molecule has 13 heavy (non-hydrogen) atoms. The van der Waals surface area contributed by atoms with Gasteiger partial charge in [-0.3, -0.25) is 0 Å². The molecule has 0 spiro atoms. The van der Waals surface area contributed by atoms with Gasteiger partial charge in [0.2, 0.25) is 0 Å². The fraction of sp³-hybridized carbons (Fsp3) is 0.222. The van der Waals surface area contributed by atoms with Gasteiger partial charge in [-0.05, 0) is 34.1 Å². The number of benzene rings is 1. The van der Waals surface area contributed by atoms with E-state index in [4.69, 9.17) is 4.74 Å². The number of halogens is 1. The van der Waals surface area contributed by atoms with Gasteiger partial charge in [-0.15, -0.1) is 0 Å². The fourth-order valence-corrected chi connectivity index (χ4v) is 1.45. The summed E-state index contributed by atoms with van der Waals surface area (Å²) in [6, 6.07) is 5.01. The topological polar surface area (TPSA) is 35.5 Å². The van der Waals surface area contributed by atoms with E-state index in [2.05, 4.69) is 20.7 Å². The van der Waals surface area contributed by atoms with E-state index in [-0.39, 0.29) is 5.97 Å². The van der Waals surface area contributed by atoms with Gasteiger partial charge in [-0.2, -0.15) is 0 Å². The predicted molar refractivity (Wildman–Crippen MR) is 52.0 cm³/mol. The van der Waals surface area contributed by atoms with Crippen molar-refractivity contribution in [3.05, 3.63) is 28.2 Å². The molecule has 3 nitrogen and oxygen atoms in total. The van der Waals surface area contributed by atoms with E-state index in [0.29, 0.717) is 11.3 Å². The summed E-state index contributed by atoms with van der Waals surface area (Å²) in [5.74, 6) is 0.330. The Bertz CT molecular complexity index is 323. The second-order valence-electron chi connectivity index (χ2n) is 2.34. The maximum absolute atomic E-state index is 11.1. The Morgan fingerprint density at radius 1 is 1.38 bits per heavy atom. The van der Waals surface area contributed by atoms with Crippen molar-refractivity contribution in [1.82, 2.24) is 0 Å². The number of esters is 1. The minimum Gasteiger partial charge on any atom is -0.496 e. The van der Waals surface area contributed by atoms with Crippen molar-refractivity contribution in [3.63, 3.8) is 0 Å². The summed E-state index contributed by atoms with van der Waals surface area (Å²) in [7, 11) is 2.92. The smallest absolute Gasteiger partial charge is 0.337 e. The summed E-state index contributed by atoms with van der Waals surface area (Å²) in [5.41, 5.74) is 0.496. The van der Waals surface area contributed by atoms with Crippen LogP contribution in [-0.4, -0.2) is 20.2 Å². The zero-order chi connectivity index (χ0) is 9.84. The van der Waals surface area contributed by atoms with Crippen LogP contribution in [0.2, 0.25) is 0 Å². The van der Waals surface area contributed by atoms with Crippen molar-refractivity contribution < 1.29 is 14.3 Å². The zero-order valence-corrected chi connectivity index (χ0v) is 8.92. The zero-order valence-electron chi connectivity index (χ0n) is 7.33. The van der Waals surface area contributed by atoms with E-state index >= 15 is 0 Å². The van der Waals surface area contributed by atoms with Crippen LogP contribution in [0.15, 0.2) is 22.7 Å². The second-order valence-corrected chi connectivity index (χ2v) is 3.20. The highest BCUT2D eigenvalue weighted by Crippen LogP contribution is 2.25. The van der Waals surface area contributed by atoms with E-state index < -0.39 is 0 Å². The summed E-state index contributed by atoms with van der Waals surface area (Å²) in [5, 5.41) is 0. The van der Waals surface area contributed by atoms with Crippen LogP contribution in [0.3, 0.4) is 0 Å². The predicted octanol–water partition coefficient (Wildman–Crippen LogP) is 2.24. The van der Waals surface area contributed by atoms with Crippen LogP contribution in [0.25, 0.3) is 0 Å². The molecule has 0 saturated heterocycles. The quantitative estimate of drug-likeness (QED) is 0.749. The Balaban J connectivity index is 3.02. The molecule has 0 atom stereocenters. The SMILES string of the molecule is COC(=O)c1ccc(OC)c(Br)c1. The lowest BCUT2D eigenvalue weighted by Crippen LogP contribution is -2.00.